The molecule has 1 saturated carbocycles. The molecule has 4 unspecified atom stereocenters. The van der Waals surface area contributed by atoms with Gasteiger partial charge in [0.2, 0.25) is 0 Å². The third-order valence-corrected chi connectivity index (χ3v) is 7.62. The summed E-state index contributed by atoms with van der Waals surface area (Å²) in [5.74, 6) is 2.69. The maximum absolute atomic E-state index is 14.3. The Balaban J connectivity index is 1.54. The second kappa shape index (κ2) is 10.3. The van der Waals surface area contributed by atoms with Crippen LogP contribution < -0.4 is 0 Å². The van der Waals surface area contributed by atoms with Crippen molar-refractivity contribution in [2.24, 2.45) is 23.7 Å². The van der Waals surface area contributed by atoms with Crippen LogP contribution in [0, 0.1) is 23.7 Å². The van der Waals surface area contributed by atoms with Crippen LogP contribution >= 0.6 is 0 Å². The summed E-state index contributed by atoms with van der Waals surface area (Å²) in [5.41, 5.74) is 2.13. The molecule has 3 rings (SSSR count). The fraction of sp³-hybridized carbons (Fsp3) is 0.760. The average Bonchev–Trinajstić information content (AvgIpc) is 2.73. The SMILES string of the molecule is CCCC(C)C1CCC(C2=CCC(C3=CC=C(C(F)C(F)F)C(F)C3)CC2)CC1. The Bertz CT molecular complexity index is 625. The number of hydrogen-bond donors (Lipinski definition) is 0. The Kier molecular flexibility index (Phi) is 8.04. The van der Waals surface area contributed by atoms with Gasteiger partial charge in [0.05, 0.1) is 0 Å². The molecule has 0 bridgehead atoms. The van der Waals surface area contributed by atoms with Crippen LogP contribution in [-0.2, 0) is 0 Å². The Morgan fingerprint density at radius 1 is 0.966 bits per heavy atom. The first kappa shape index (κ1) is 22.6. The van der Waals surface area contributed by atoms with Crippen molar-refractivity contribution in [2.75, 3.05) is 0 Å². The number of rotatable bonds is 7. The summed E-state index contributed by atoms with van der Waals surface area (Å²) in [6.45, 7) is 4.67. The first-order valence-corrected chi connectivity index (χ1v) is 11.6. The van der Waals surface area contributed by atoms with E-state index in [2.05, 4.69) is 19.9 Å². The summed E-state index contributed by atoms with van der Waals surface area (Å²) in [6.07, 6.45) is 8.93. The quantitative estimate of drug-likeness (QED) is 0.292. The smallest absolute Gasteiger partial charge is 0.242 e. The van der Waals surface area contributed by atoms with Crippen molar-refractivity contribution in [3.8, 4) is 0 Å². The van der Waals surface area contributed by atoms with E-state index in [9.17, 15) is 17.6 Å². The van der Waals surface area contributed by atoms with Gasteiger partial charge in [-0.25, -0.2) is 17.6 Å². The highest BCUT2D eigenvalue weighted by Gasteiger charge is 2.34. The van der Waals surface area contributed by atoms with Gasteiger partial charge in [-0.2, -0.15) is 0 Å². The van der Waals surface area contributed by atoms with E-state index in [0.717, 1.165) is 36.7 Å². The van der Waals surface area contributed by atoms with Crippen LogP contribution in [0.15, 0.2) is 34.9 Å². The predicted octanol–water partition coefficient (Wildman–Crippen LogP) is 8.15. The van der Waals surface area contributed by atoms with Gasteiger partial charge in [-0.3, -0.25) is 0 Å². The highest BCUT2D eigenvalue weighted by atomic mass is 19.3. The van der Waals surface area contributed by atoms with Crippen LogP contribution in [0.25, 0.3) is 0 Å². The summed E-state index contributed by atoms with van der Waals surface area (Å²) < 4.78 is 52.9. The van der Waals surface area contributed by atoms with Crippen molar-refractivity contribution >= 4 is 0 Å². The summed E-state index contributed by atoms with van der Waals surface area (Å²) in [6, 6.07) is 0. The van der Waals surface area contributed by atoms with Crippen LogP contribution in [0.4, 0.5) is 17.6 Å². The molecule has 0 saturated heterocycles. The van der Waals surface area contributed by atoms with E-state index in [1.54, 1.807) is 11.6 Å². The van der Waals surface area contributed by atoms with Crippen LogP contribution in [0.5, 0.6) is 0 Å². The van der Waals surface area contributed by atoms with E-state index >= 15 is 0 Å². The van der Waals surface area contributed by atoms with Crippen LogP contribution in [0.1, 0.15) is 78.1 Å². The molecule has 4 atom stereocenters. The van der Waals surface area contributed by atoms with Crippen LogP contribution in [0.3, 0.4) is 0 Å². The summed E-state index contributed by atoms with van der Waals surface area (Å²) in [5, 5.41) is 0. The van der Waals surface area contributed by atoms with Gasteiger partial charge < -0.3 is 0 Å². The molecule has 3 aliphatic rings. The monoisotopic (exact) mass is 412 g/mol. The Morgan fingerprint density at radius 2 is 1.69 bits per heavy atom. The molecule has 0 N–H and O–H groups in total. The largest absolute Gasteiger partial charge is 0.273 e. The van der Waals surface area contributed by atoms with Gasteiger partial charge in [-0.1, -0.05) is 56.1 Å². The maximum atomic E-state index is 14.3. The molecular weight excluding hydrogens is 376 g/mol. The Morgan fingerprint density at radius 3 is 2.24 bits per heavy atom. The third-order valence-electron chi connectivity index (χ3n) is 7.62. The fourth-order valence-electron chi connectivity index (χ4n) is 5.73. The number of halogens is 4. The summed E-state index contributed by atoms with van der Waals surface area (Å²) >= 11 is 0. The third kappa shape index (κ3) is 5.55. The molecule has 164 valence electrons. The van der Waals surface area contributed by atoms with Crippen molar-refractivity contribution < 1.29 is 17.6 Å². The molecule has 0 aromatic rings. The number of allylic oxidation sites excluding steroid dienone is 6. The molecule has 1 fully saturated rings. The zero-order valence-corrected chi connectivity index (χ0v) is 17.9. The van der Waals surface area contributed by atoms with Gasteiger partial charge in [0, 0.05) is 12.0 Å². The second-order valence-corrected chi connectivity index (χ2v) is 9.44. The Labute approximate surface area is 173 Å². The minimum atomic E-state index is -3.16. The zero-order valence-electron chi connectivity index (χ0n) is 17.9. The lowest BCUT2D eigenvalue weighted by molar-refractivity contribution is 0.0609. The van der Waals surface area contributed by atoms with Gasteiger partial charge in [0.1, 0.15) is 6.17 Å². The lowest BCUT2D eigenvalue weighted by Gasteiger charge is -2.36. The molecule has 0 radical (unpaired) electrons. The van der Waals surface area contributed by atoms with E-state index in [-0.39, 0.29) is 12.3 Å². The molecule has 0 amide bonds. The minimum Gasteiger partial charge on any atom is -0.242 e. The van der Waals surface area contributed by atoms with E-state index in [1.165, 1.54) is 44.6 Å². The lowest BCUT2D eigenvalue weighted by Crippen LogP contribution is -2.26. The molecule has 4 heteroatoms. The number of hydrogen-bond acceptors (Lipinski definition) is 0. The van der Waals surface area contributed by atoms with E-state index in [0.29, 0.717) is 5.92 Å². The highest BCUT2D eigenvalue weighted by Crippen LogP contribution is 2.43. The predicted molar refractivity (Wildman–Crippen MR) is 112 cm³/mol. The van der Waals surface area contributed by atoms with Crippen LogP contribution in [0.2, 0.25) is 0 Å². The van der Waals surface area contributed by atoms with Crippen molar-refractivity contribution in [2.45, 2.75) is 96.8 Å². The maximum Gasteiger partial charge on any atom is 0.273 e. The zero-order chi connectivity index (χ0) is 21.0. The molecular formula is C25H36F4. The standard InChI is InChI=1S/C25H36F4/c1-3-4-16(2)17-5-7-18(8-6-17)19-9-11-20(12-10-19)21-13-14-22(23(26)15-21)24(27)25(28)29/h9,13-14,16-18,20,23-25H,3-8,10-12,15H2,1-2H3. The lowest BCUT2D eigenvalue weighted by atomic mass is 9.70. The molecule has 0 aromatic heterocycles. The molecule has 3 aliphatic carbocycles. The van der Waals surface area contributed by atoms with E-state index < -0.39 is 24.3 Å². The van der Waals surface area contributed by atoms with Crippen molar-refractivity contribution in [1.82, 2.24) is 0 Å². The summed E-state index contributed by atoms with van der Waals surface area (Å²) in [4.78, 5) is 0. The minimum absolute atomic E-state index is 0.0627. The van der Waals surface area contributed by atoms with Crippen molar-refractivity contribution in [3.05, 3.63) is 34.9 Å². The molecule has 0 spiro atoms. The van der Waals surface area contributed by atoms with Crippen LogP contribution in [-0.4, -0.2) is 18.8 Å². The van der Waals surface area contributed by atoms with Gasteiger partial charge in [0.15, 0.2) is 6.17 Å². The van der Waals surface area contributed by atoms with E-state index in [4.69, 9.17) is 0 Å². The first-order chi connectivity index (χ1) is 13.9. The number of alkyl halides is 4. The molecule has 29 heavy (non-hydrogen) atoms. The normalized spacial score (nSPS) is 33.0. The average molecular weight is 413 g/mol. The van der Waals surface area contributed by atoms with E-state index in [1.807, 2.05) is 0 Å². The van der Waals surface area contributed by atoms with Gasteiger partial charge in [0.25, 0.3) is 6.43 Å². The van der Waals surface area contributed by atoms with Gasteiger partial charge in [-0.15, -0.1) is 0 Å². The Hall–Kier alpha value is -1.06. The highest BCUT2D eigenvalue weighted by molar-refractivity contribution is 5.33. The molecule has 0 heterocycles. The van der Waals surface area contributed by atoms with Crippen molar-refractivity contribution in [1.29, 1.82) is 0 Å². The second-order valence-electron chi connectivity index (χ2n) is 9.44. The molecule has 0 aliphatic heterocycles. The molecule has 0 nitrogen and oxygen atoms in total. The molecule has 0 aromatic carbocycles. The topological polar surface area (TPSA) is 0 Å². The fourth-order valence-corrected chi connectivity index (χ4v) is 5.73. The van der Waals surface area contributed by atoms with Gasteiger partial charge >= 0.3 is 0 Å². The van der Waals surface area contributed by atoms with Crippen molar-refractivity contribution in [3.63, 3.8) is 0 Å². The van der Waals surface area contributed by atoms with Gasteiger partial charge in [-0.05, 0) is 68.6 Å². The summed E-state index contributed by atoms with van der Waals surface area (Å²) in [7, 11) is 0. The first-order valence-electron chi connectivity index (χ1n) is 11.6.